The fourth-order valence-corrected chi connectivity index (χ4v) is 20.0. The van der Waals surface area contributed by atoms with Crippen LogP contribution in [0, 0.1) is 56.3 Å². The first-order chi connectivity index (χ1) is 70.1. The van der Waals surface area contributed by atoms with Gasteiger partial charge in [0.05, 0.1) is 70.1 Å². The van der Waals surface area contributed by atoms with Crippen LogP contribution in [0.4, 0.5) is 112 Å². The third-order valence-corrected chi connectivity index (χ3v) is 29.3. The summed E-state index contributed by atoms with van der Waals surface area (Å²) in [5.41, 5.74) is 13.8. The number of likely N-dealkylation sites (tertiary alicyclic amines) is 3. The summed E-state index contributed by atoms with van der Waals surface area (Å²) >= 11 is 17.9. The van der Waals surface area contributed by atoms with E-state index in [1.807, 2.05) is 136 Å². The van der Waals surface area contributed by atoms with Gasteiger partial charge in [-0.15, -0.1) is 0 Å². The van der Waals surface area contributed by atoms with Crippen LogP contribution < -0.4 is 66.8 Å². The molecule has 0 unspecified atom stereocenters. The Morgan fingerprint density at radius 3 is 1.05 bits per heavy atom. The van der Waals surface area contributed by atoms with Gasteiger partial charge in [-0.3, -0.25) is 33.9 Å². The van der Waals surface area contributed by atoms with E-state index in [0.717, 1.165) is 139 Å². The number of urea groups is 3. The van der Waals surface area contributed by atoms with Gasteiger partial charge in [-0.25, -0.2) is 34.3 Å². The number of halogens is 12. The average Bonchev–Trinajstić information content (AvgIpc) is 0.880. The molecule has 0 radical (unpaired) electrons. The standard InChI is InChI=1S/C28H34F3N5O3.C27H33F3N6O3.C20H28BF3N2O3.C14H18ClN3O2.C9H10Cl2N2O.C5H9NO/c1-18-3-4-22(32-27(38)35-7-6-20(17-35)16-28(29,30)31)15-23(18)21-13-24(34-9-11-39-12-10-34)33-25(14-21)36-8-5-19(2)26(36)37;1-17-2-3-20(32-26(38)35-6-4-18(16-35)15-27(28,29)30)14-21(17)19-12-23(34-8-10-39-11-9-34)33-24(13-19)36-7-5-22(31)25(36)37;1-13-6-7-15(10-16(13)21-28-18(2,3)19(4,5)29-21)25-17(27)26-9-8-14(12-26)11-20(22,23)24;1-10-2-3-18(14(10)19)13-9-11(15)8-12(16-13)17-4-6-20-7-5-17;10-7-5-8(11)12-9(6-7)13-1-3-14-4-2-13;1-4-2-3-6-5(4)7/h3-4,13-15,19-20H,5-12,16-17H2,1-2H3,(H,32,38);2-3,12-14,18,22H,4-11,15-16,31H2,1H3,(H,32,38);6-7,10,14H,8-9,11-12H2,1-5H3,(H,25,27);8-10H,2-7H2,1H3;5-6H,1-4H2;4H,2-3H2,1H3,(H,6,7)/t19-,20-;18-,22-;14-;10-;;4-/m0000.0/s1. The lowest BCUT2D eigenvalue weighted by atomic mass is 9.76. The molecule has 6 N–H and O–H groups in total. The average molecular weight is 2130 g/mol. The van der Waals surface area contributed by atoms with Crippen LogP contribution in [0.1, 0.15) is 129 Å². The van der Waals surface area contributed by atoms with E-state index < -0.39 is 98.0 Å². The minimum Gasteiger partial charge on any atom is -0.399 e. The maximum Gasteiger partial charge on any atom is 0.495 e. The molecule has 19 rings (SSSR count). The zero-order valence-corrected chi connectivity index (χ0v) is 87.3. The molecule has 0 saturated carbocycles. The van der Waals surface area contributed by atoms with Crippen molar-refractivity contribution in [3.63, 3.8) is 0 Å². The quantitative estimate of drug-likeness (QED) is 0.0341. The number of hydrogen-bond acceptors (Lipinski definition) is 22. The number of nitrogens with one attached hydrogen (secondary N) is 4. The third kappa shape index (κ3) is 30.6. The molecule has 804 valence electrons. The second kappa shape index (κ2) is 49.5. The summed E-state index contributed by atoms with van der Waals surface area (Å²) in [6.45, 7) is 34.7. The van der Waals surface area contributed by atoms with E-state index in [1.165, 1.54) is 14.7 Å². The molecule has 7 atom stereocenters. The molecule has 148 heavy (non-hydrogen) atoms. The molecule has 45 heteroatoms. The molecule has 12 aliphatic rings. The Kier molecular flexibility index (Phi) is 37.7. The van der Waals surface area contributed by atoms with E-state index in [0.29, 0.717) is 167 Å². The molecule has 12 saturated heterocycles. The summed E-state index contributed by atoms with van der Waals surface area (Å²) in [5.74, 6) is 3.73. The number of aromatic nitrogens is 4. The molecule has 0 aliphatic carbocycles. The number of morpholine rings is 4. The monoisotopic (exact) mass is 2130 g/mol. The van der Waals surface area contributed by atoms with Crippen molar-refractivity contribution < 1.29 is 101 Å². The van der Waals surface area contributed by atoms with Crippen LogP contribution in [-0.4, -0.2) is 290 Å². The Labute approximate surface area is 872 Å². The number of pyridine rings is 4. The smallest absolute Gasteiger partial charge is 0.399 e. The van der Waals surface area contributed by atoms with E-state index in [-0.39, 0.29) is 67.6 Å². The number of carbonyl (C=O) groups is 7. The van der Waals surface area contributed by atoms with Gasteiger partial charge < -0.3 is 89.6 Å². The van der Waals surface area contributed by atoms with E-state index in [1.54, 1.807) is 51.1 Å². The minimum absolute atomic E-state index is 0.0520. The molecule has 32 nitrogen and oxygen atoms in total. The van der Waals surface area contributed by atoms with Crippen LogP contribution in [0.3, 0.4) is 0 Å². The van der Waals surface area contributed by atoms with Gasteiger partial charge in [0.2, 0.25) is 23.6 Å². The first kappa shape index (κ1) is 113. The van der Waals surface area contributed by atoms with E-state index in [2.05, 4.69) is 50.8 Å². The minimum atomic E-state index is -4.24. The van der Waals surface area contributed by atoms with Gasteiger partial charge in [0.25, 0.3) is 0 Å². The number of anilines is 10. The molecule has 0 spiro atoms. The van der Waals surface area contributed by atoms with E-state index >= 15 is 0 Å². The maximum atomic E-state index is 12.9. The number of amides is 10. The summed E-state index contributed by atoms with van der Waals surface area (Å²) in [5, 5.41) is 12.9. The van der Waals surface area contributed by atoms with Gasteiger partial charge in [-0.05, 0) is 235 Å². The van der Waals surface area contributed by atoms with Crippen LogP contribution in [0.5, 0.6) is 0 Å². The van der Waals surface area contributed by atoms with Crippen molar-refractivity contribution in [2.24, 2.45) is 41.2 Å². The Morgan fingerprint density at radius 1 is 0.405 bits per heavy atom. The summed E-state index contributed by atoms with van der Waals surface area (Å²) < 4.78 is 148. The van der Waals surface area contributed by atoms with Crippen molar-refractivity contribution in [2.45, 2.75) is 169 Å². The number of nitrogens with zero attached hydrogens (tertiary/aromatic N) is 14. The number of benzene rings is 3. The lowest BCUT2D eigenvalue weighted by molar-refractivity contribution is -0.144. The van der Waals surface area contributed by atoms with Crippen LogP contribution in [0.15, 0.2) is 103 Å². The van der Waals surface area contributed by atoms with E-state index in [9.17, 15) is 73.1 Å². The fraction of sp³-hybridized carbons (Fsp3) is 0.563. The first-order valence-corrected chi connectivity index (χ1v) is 51.7. The molecule has 3 aromatic carbocycles. The molecular formula is C103H132BCl3F9N19O13. The Morgan fingerprint density at radius 2 is 0.730 bits per heavy atom. The highest BCUT2D eigenvalue weighted by Crippen LogP contribution is 2.43. The van der Waals surface area contributed by atoms with Crippen LogP contribution >= 0.6 is 34.8 Å². The predicted octanol–water partition coefficient (Wildman–Crippen LogP) is 17.2. The normalized spacial score (nSPS) is 22.5. The van der Waals surface area contributed by atoms with Gasteiger partial charge in [-0.2, -0.15) is 39.5 Å². The molecular weight excluding hydrogens is 2000 g/mol. The van der Waals surface area contributed by atoms with Crippen molar-refractivity contribution in [2.75, 3.05) is 221 Å². The van der Waals surface area contributed by atoms with Crippen molar-refractivity contribution in [3.8, 4) is 22.3 Å². The van der Waals surface area contributed by atoms with Crippen molar-refractivity contribution in [3.05, 3.63) is 135 Å². The van der Waals surface area contributed by atoms with Gasteiger partial charge in [-0.1, -0.05) is 79.3 Å². The predicted molar refractivity (Wildman–Crippen MR) is 553 cm³/mol. The molecule has 7 aromatic rings. The lowest BCUT2D eigenvalue weighted by Gasteiger charge is -2.32. The zero-order chi connectivity index (χ0) is 106. The highest BCUT2D eigenvalue weighted by molar-refractivity contribution is 6.62. The summed E-state index contributed by atoms with van der Waals surface area (Å²) in [6, 6.07) is 29.5. The molecule has 16 heterocycles. The van der Waals surface area contributed by atoms with Gasteiger partial charge >= 0.3 is 43.7 Å². The molecule has 0 bridgehead atoms. The summed E-state index contributed by atoms with van der Waals surface area (Å²) in [4.78, 5) is 123. The highest BCUT2D eigenvalue weighted by Gasteiger charge is 2.53. The van der Waals surface area contributed by atoms with Crippen molar-refractivity contribution in [1.29, 1.82) is 0 Å². The Balaban J connectivity index is 0.000000148. The largest absolute Gasteiger partial charge is 0.495 e. The van der Waals surface area contributed by atoms with Crippen molar-refractivity contribution >= 4 is 147 Å². The van der Waals surface area contributed by atoms with Crippen LogP contribution in [0.2, 0.25) is 15.2 Å². The van der Waals surface area contributed by atoms with Gasteiger partial charge in [0, 0.05) is 182 Å². The maximum absolute atomic E-state index is 12.9. The molecule has 12 aliphatic heterocycles. The number of rotatable bonds is 16. The second-order valence-electron chi connectivity index (χ2n) is 40.5. The highest BCUT2D eigenvalue weighted by atomic mass is 35.5. The Hall–Kier alpha value is -10.8. The first-order valence-electron chi connectivity index (χ1n) is 50.5. The molecule has 10 amide bonds. The number of carbonyl (C=O) groups excluding carboxylic acids is 7. The topological polar surface area (TPSA) is 333 Å². The lowest BCUT2D eigenvalue weighted by Crippen LogP contribution is -2.41. The Bertz CT molecular complexity index is 5600. The SMILES string of the molecule is C[C@H]1CCN(c2cc(Cl)cc(N3CCOCC3)n2)C1=O.C[C@H]1CCNC1=O.Cc1ccc(NC(=O)N2CC[C@@H](CC(F)(F)F)C2)cc1-c1cc(N2CCOCC2)nc(N2CC[C@H](C)C2=O)c1.Cc1ccc(NC(=O)N2CC[C@@H](CC(F)(F)F)C2)cc1-c1cc(N2CCOCC2)nc(N2CC[C@H](N)C2=O)c1.Cc1ccc(NC(=O)N2CC[C@@H](CC(F)(F)F)C2)cc1B1OC(C)(C)C(C)(C)O1.Clc1cc(Cl)nc(N2CCOCC2)c1. The summed E-state index contributed by atoms with van der Waals surface area (Å²) in [6.07, 6.45) is -11.0. The number of alkyl halides is 9. The summed E-state index contributed by atoms with van der Waals surface area (Å²) in [7, 11) is -0.556. The van der Waals surface area contributed by atoms with Crippen LogP contribution in [0.25, 0.3) is 22.3 Å². The van der Waals surface area contributed by atoms with Crippen molar-refractivity contribution in [1.82, 2.24) is 40.0 Å². The zero-order valence-electron chi connectivity index (χ0n) is 85.1. The second-order valence-corrected chi connectivity index (χ2v) is 41.8. The fourth-order valence-electron chi connectivity index (χ4n) is 19.3. The number of ether oxygens (including phenoxy) is 4. The van der Waals surface area contributed by atoms with Gasteiger partial charge in [0.15, 0.2) is 0 Å². The molecule has 12 fully saturated rings. The number of aryl methyl sites for hydroxylation is 3. The number of hydrogen-bond donors (Lipinski definition) is 5. The number of nitrogens with two attached hydrogens (primary N) is 1. The third-order valence-electron chi connectivity index (χ3n) is 28.7. The van der Waals surface area contributed by atoms with E-state index in [4.69, 9.17) is 78.8 Å². The van der Waals surface area contributed by atoms with Crippen LogP contribution in [-0.2, 0) is 47.4 Å². The molecule has 4 aromatic heterocycles. The van der Waals surface area contributed by atoms with Gasteiger partial charge in [0.1, 0.15) is 45.9 Å².